The Bertz CT molecular complexity index is 127. The first-order chi connectivity index (χ1) is 7.18. The fourth-order valence-electron chi connectivity index (χ4n) is 1.23. The molecule has 1 N–H and O–H groups in total. The first kappa shape index (κ1) is 17.2. The summed E-state index contributed by atoms with van der Waals surface area (Å²) in [5.41, 5.74) is 0. The van der Waals surface area contributed by atoms with E-state index in [0.717, 1.165) is 18.7 Å². The van der Waals surface area contributed by atoms with Crippen molar-refractivity contribution in [2.24, 2.45) is 0 Å². The van der Waals surface area contributed by atoms with Crippen LogP contribution in [0.15, 0.2) is 0 Å². The summed E-state index contributed by atoms with van der Waals surface area (Å²) in [6.07, 6.45) is 8.64. The fourth-order valence-corrected chi connectivity index (χ4v) is 1.23. The van der Waals surface area contributed by atoms with Gasteiger partial charge in [0.15, 0.2) is 0 Å². The lowest BCUT2D eigenvalue weighted by atomic mass is 10.1. The molecule has 3 heteroatoms. The molecule has 0 aromatic rings. The molecule has 2 nitrogen and oxygen atoms in total. The molecule has 0 aliphatic heterocycles. The Morgan fingerprint density at radius 3 is 1.80 bits per heavy atom. The van der Waals surface area contributed by atoms with Crippen molar-refractivity contribution in [2.45, 2.75) is 65.2 Å². The van der Waals surface area contributed by atoms with Gasteiger partial charge in [0, 0.05) is 12.3 Å². The lowest BCUT2D eigenvalue weighted by Gasteiger charge is -1.98. The number of carboxylic acids is 1. The number of halogens is 1. The number of aliphatic carboxylic acids is 1. The number of alkyl halides is 1. The maximum atomic E-state index is 10.1. The smallest absolute Gasteiger partial charge is 0.303 e. The van der Waals surface area contributed by atoms with Gasteiger partial charge in [-0.1, -0.05) is 52.4 Å². The van der Waals surface area contributed by atoms with E-state index in [4.69, 9.17) is 16.7 Å². The molecule has 0 radical (unpaired) electrons. The van der Waals surface area contributed by atoms with Crippen LogP contribution in [-0.2, 0) is 4.79 Å². The minimum atomic E-state index is -0.663. The van der Waals surface area contributed by atoms with Gasteiger partial charge in [-0.2, -0.15) is 0 Å². The third-order valence-electron chi connectivity index (χ3n) is 1.99. The SMILES string of the molecule is CCCCCCCCCC(=O)O.CCCl. The van der Waals surface area contributed by atoms with E-state index in [0.29, 0.717) is 6.42 Å². The zero-order chi connectivity index (χ0) is 11.9. The van der Waals surface area contributed by atoms with E-state index < -0.39 is 5.97 Å². The summed E-state index contributed by atoms with van der Waals surface area (Å²) in [6.45, 7) is 4.09. The van der Waals surface area contributed by atoms with E-state index in [1.807, 2.05) is 6.92 Å². The number of hydrogen-bond acceptors (Lipinski definition) is 1. The molecule has 0 heterocycles. The Kier molecular flexibility index (Phi) is 18.5. The average Bonchev–Trinajstić information content (AvgIpc) is 2.17. The molecule has 15 heavy (non-hydrogen) atoms. The topological polar surface area (TPSA) is 37.3 Å². The number of carboxylic acid groups (broad SMARTS) is 1. The lowest BCUT2D eigenvalue weighted by Crippen LogP contribution is -1.93. The second-order valence-corrected chi connectivity index (χ2v) is 4.07. The van der Waals surface area contributed by atoms with Gasteiger partial charge in [0.05, 0.1) is 0 Å². The van der Waals surface area contributed by atoms with Gasteiger partial charge in [0.25, 0.3) is 0 Å². The normalized spacial score (nSPS) is 9.27. The molecular weight excluding hydrogens is 212 g/mol. The van der Waals surface area contributed by atoms with E-state index in [1.54, 1.807) is 0 Å². The van der Waals surface area contributed by atoms with Crippen molar-refractivity contribution in [3.05, 3.63) is 0 Å². The molecule has 0 aromatic carbocycles. The average molecular weight is 237 g/mol. The Balaban J connectivity index is 0. The highest BCUT2D eigenvalue weighted by Crippen LogP contribution is 2.07. The van der Waals surface area contributed by atoms with E-state index in [1.165, 1.54) is 32.1 Å². The molecule has 0 spiro atoms. The summed E-state index contributed by atoms with van der Waals surface area (Å²) in [4.78, 5) is 10.1. The van der Waals surface area contributed by atoms with E-state index >= 15 is 0 Å². The Morgan fingerprint density at radius 1 is 1.00 bits per heavy atom. The molecule has 0 atom stereocenters. The van der Waals surface area contributed by atoms with Crippen molar-refractivity contribution in [2.75, 3.05) is 5.88 Å². The highest BCUT2D eigenvalue weighted by Gasteiger charge is 1.95. The standard InChI is InChI=1S/C10H20O2.C2H5Cl/c1-2-3-4-5-6-7-8-9-10(11)12;1-2-3/h2-9H2,1H3,(H,11,12);2H2,1H3. The Hall–Kier alpha value is -0.240. The first-order valence-corrected chi connectivity index (χ1v) is 6.50. The number of carbonyl (C=O) groups is 1. The molecule has 0 aromatic heterocycles. The molecule has 0 saturated heterocycles. The van der Waals surface area contributed by atoms with E-state index in [-0.39, 0.29) is 0 Å². The first-order valence-electron chi connectivity index (χ1n) is 5.96. The molecule has 0 bridgehead atoms. The van der Waals surface area contributed by atoms with Crippen LogP contribution in [0.5, 0.6) is 0 Å². The fraction of sp³-hybridized carbons (Fsp3) is 0.917. The number of rotatable bonds is 8. The van der Waals surface area contributed by atoms with Gasteiger partial charge < -0.3 is 5.11 Å². The molecular formula is C12H25ClO2. The molecule has 0 aliphatic carbocycles. The van der Waals surface area contributed by atoms with Crippen LogP contribution in [0.2, 0.25) is 0 Å². The molecule has 0 rings (SSSR count). The van der Waals surface area contributed by atoms with Gasteiger partial charge in [-0.15, -0.1) is 11.6 Å². The van der Waals surface area contributed by atoms with Gasteiger partial charge in [-0.25, -0.2) is 0 Å². The van der Waals surface area contributed by atoms with Crippen molar-refractivity contribution in [3.63, 3.8) is 0 Å². The summed E-state index contributed by atoms with van der Waals surface area (Å²) < 4.78 is 0. The van der Waals surface area contributed by atoms with Crippen molar-refractivity contribution >= 4 is 17.6 Å². The Morgan fingerprint density at radius 2 is 1.40 bits per heavy atom. The van der Waals surface area contributed by atoms with Crippen LogP contribution in [0.3, 0.4) is 0 Å². The second-order valence-electron chi connectivity index (χ2n) is 3.53. The molecule has 0 unspecified atom stereocenters. The third kappa shape index (κ3) is 24.8. The molecule has 0 aliphatic rings. The van der Waals surface area contributed by atoms with E-state index in [2.05, 4.69) is 6.92 Å². The Labute approximate surface area is 99.0 Å². The van der Waals surface area contributed by atoms with Crippen LogP contribution in [0, 0.1) is 0 Å². The van der Waals surface area contributed by atoms with Crippen LogP contribution in [-0.4, -0.2) is 17.0 Å². The van der Waals surface area contributed by atoms with Gasteiger partial charge in [0.1, 0.15) is 0 Å². The lowest BCUT2D eigenvalue weighted by molar-refractivity contribution is -0.137. The van der Waals surface area contributed by atoms with Crippen LogP contribution >= 0.6 is 11.6 Å². The zero-order valence-corrected chi connectivity index (χ0v) is 10.9. The van der Waals surface area contributed by atoms with Gasteiger partial charge in [0.2, 0.25) is 0 Å². The highest BCUT2D eigenvalue weighted by atomic mass is 35.5. The minimum absolute atomic E-state index is 0.341. The van der Waals surface area contributed by atoms with Crippen molar-refractivity contribution in [1.82, 2.24) is 0 Å². The van der Waals surface area contributed by atoms with E-state index in [9.17, 15) is 4.79 Å². The van der Waals surface area contributed by atoms with Crippen LogP contribution in [0.25, 0.3) is 0 Å². The maximum absolute atomic E-state index is 10.1. The second kappa shape index (κ2) is 16.2. The number of hydrogen-bond donors (Lipinski definition) is 1. The molecule has 92 valence electrons. The van der Waals surface area contributed by atoms with Crippen molar-refractivity contribution in [3.8, 4) is 0 Å². The number of unbranched alkanes of at least 4 members (excludes halogenated alkanes) is 6. The third-order valence-corrected chi connectivity index (χ3v) is 1.99. The zero-order valence-electron chi connectivity index (χ0n) is 10.1. The van der Waals surface area contributed by atoms with Crippen molar-refractivity contribution in [1.29, 1.82) is 0 Å². The minimum Gasteiger partial charge on any atom is -0.481 e. The monoisotopic (exact) mass is 236 g/mol. The van der Waals surface area contributed by atoms with Crippen LogP contribution < -0.4 is 0 Å². The molecule has 0 saturated carbocycles. The van der Waals surface area contributed by atoms with Gasteiger partial charge in [-0.05, 0) is 6.42 Å². The van der Waals surface area contributed by atoms with Crippen molar-refractivity contribution < 1.29 is 9.90 Å². The van der Waals surface area contributed by atoms with Crippen LogP contribution in [0.4, 0.5) is 0 Å². The molecule has 0 fully saturated rings. The summed E-state index contributed by atoms with van der Waals surface area (Å²) in [6, 6.07) is 0. The highest BCUT2D eigenvalue weighted by molar-refractivity contribution is 6.17. The predicted molar refractivity (Wildman–Crippen MR) is 66.6 cm³/mol. The largest absolute Gasteiger partial charge is 0.481 e. The predicted octanol–water partition coefficient (Wildman–Crippen LogP) is 4.46. The van der Waals surface area contributed by atoms with Crippen LogP contribution in [0.1, 0.15) is 65.2 Å². The maximum Gasteiger partial charge on any atom is 0.303 e. The van der Waals surface area contributed by atoms with Gasteiger partial charge >= 0.3 is 5.97 Å². The van der Waals surface area contributed by atoms with Gasteiger partial charge in [-0.3, -0.25) is 4.79 Å². The summed E-state index contributed by atoms with van der Waals surface area (Å²) >= 11 is 5.00. The summed E-state index contributed by atoms with van der Waals surface area (Å²) in [7, 11) is 0. The quantitative estimate of drug-likeness (QED) is 0.499. The molecule has 0 amide bonds. The summed E-state index contributed by atoms with van der Waals surface area (Å²) in [5, 5.41) is 8.35. The summed E-state index contributed by atoms with van der Waals surface area (Å²) in [5.74, 6) is 0.0589.